The van der Waals surface area contributed by atoms with Crippen molar-refractivity contribution in [1.29, 1.82) is 0 Å². The second-order valence-corrected chi connectivity index (χ2v) is 5.11. The summed E-state index contributed by atoms with van der Waals surface area (Å²) in [6.07, 6.45) is -4.48. The van der Waals surface area contributed by atoms with Crippen molar-refractivity contribution < 1.29 is 18.0 Å². The van der Waals surface area contributed by atoms with Crippen LogP contribution >= 0.6 is 0 Å². The molecule has 0 aliphatic carbocycles. The molecule has 2 aromatic rings. The Morgan fingerprint density at radius 3 is 2.48 bits per heavy atom. The summed E-state index contributed by atoms with van der Waals surface area (Å²) in [6, 6.07) is 2.61. The molecular formula is C13H17F3N6O. The summed E-state index contributed by atoms with van der Waals surface area (Å²) in [4.78, 5) is 11.8. The number of hydrogen-bond acceptors (Lipinski definition) is 4. The van der Waals surface area contributed by atoms with Crippen LogP contribution in [0.3, 0.4) is 0 Å². The van der Waals surface area contributed by atoms with E-state index in [2.05, 4.69) is 15.5 Å². The summed E-state index contributed by atoms with van der Waals surface area (Å²) < 4.78 is 40.2. The third-order valence-electron chi connectivity index (χ3n) is 3.14. The van der Waals surface area contributed by atoms with Crippen molar-refractivity contribution >= 4 is 11.7 Å². The van der Waals surface area contributed by atoms with Crippen molar-refractivity contribution in [3.8, 4) is 0 Å². The molecule has 2 heterocycles. The van der Waals surface area contributed by atoms with Crippen LogP contribution in [0.2, 0.25) is 0 Å². The lowest BCUT2D eigenvalue weighted by molar-refractivity contribution is -0.141. The van der Waals surface area contributed by atoms with E-state index < -0.39 is 11.9 Å². The lowest BCUT2D eigenvalue weighted by atomic mass is 10.3. The van der Waals surface area contributed by atoms with Gasteiger partial charge < -0.3 is 11.1 Å². The van der Waals surface area contributed by atoms with E-state index in [4.69, 9.17) is 5.73 Å². The maximum absolute atomic E-state index is 12.5. The normalized spacial score (nSPS) is 11.7. The summed E-state index contributed by atoms with van der Waals surface area (Å²) in [5, 5.41) is 10.1. The molecule has 0 fully saturated rings. The van der Waals surface area contributed by atoms with Gasteiger partial charge in [0, 0.05) is 18.3 Å². The number of halogens is 3. The summed E-state index contributed by atoms with van der Waals surface area (Å²) in [5.41, 5.74) is 5.80. The number of nitrogens with two attached hydrogens (primary N) is 1. The van der Waals surface area contributed by atoms with Gasteiger partial charge in [-0.1, -0.05) is 0 Å². The molecule has 126 valence electrons. The van der Waals surface area contributed by atoms with Gasteiger partial charge in [-0.05, 0) is 19.9 Å². The van der Waals surface area contributed by atoms with Crippen LogP contribution in [0.15, 0.2) is 12.1 Å². The van der Waals surface area contributed by atoms with Crippen LogP contribution in [0.4, 0.5) is 19.0 Å². The Balaban J connectivity index is 1.86. The first-order valence-corrected chi connectivity index (χ1v) is 6.85. The molecule has 0 aliphatic heterocycles. The van der Waals surface area contributed by atoms with Gasteiger partial charge in [0.2, 0.25) is 5.91 Å². The minimum absolute atomic E-state index is 0.0500. The number of rotatable bonds is 5. The van der Waals surface area contributed by atoms with E-state index in [1.807, 2.05) is 0 Å². The number of nitrogens with one attached hydrogen (secondary N) is 1. The molecule has 7 nitrogen and oxygen atoms in total. The van der Waals surface area contributed by atoms with Gasteiger partial charge in [-0.3, -0.25) is 9.48 Å². The predicted octanol–water partition coefficient (Wildman–Crippen LogP) is 1.11. The highest BCUT2D eigenvalue weighted by Gasteiger charge is 2.34. The molecule has 0 unspecified atom stereocenters. The monoisotopic (exact) mass is 330 g/mol. The molecule has 0 saturated heterocycles. The van der Waals surface area contributed by atoms with Gasteiger partial charge in [0.05, 0.1) is 12.2 Å². The molecule has 2 aromatic heterocycles. The largest absolute Gasteiger partial charge is 0.435 e. The first kappa shape index (κ1) is 16.8. The number of aryl methyl sites for hydroxylation is 2. The zero-order chi connectivity index (χ0) is 17.2. The van der Waals surface area contributed by atoms with E-state index in [0.29, 0.717) is 17.2 Å². The van der Waals surface area contributed by atoms with Gasteiger partial charge in [0.15, 0.2) is 5.69 Å². The van der Waals surface area contributed by atoms with Gasteiger partial charge in [-0.25, -0.2) is 4.68 Å². The van der Waals surface area contributed by atoms with E-state index >= 15 is 0 Å². The number of nitrogens with zero attached hydrogens (tertiary/aromatic N) is 4. The Kier molecular flexibility index (Phi) is 4.62. The number of nitrogen functional groups attached to an aromatic ring is 1. The van der Waals surface area contributed by atoms with Gasteiger partial charge >= 0.3 is 6.18 Å². The van der Waals surface area contributed by atoms with E-state index in [0.717, 1.165) is 6.07 Å². The Morgan fingerprint density at radius 2 is 1.96 bits per heavy atom. The smallest absolute Gasteiger partial charge is 0.384 e. The summed E-state index contributed by atoms with van der Waals surface area (Å²) in [6.45, 7) is 3.52. The van der Waals surface area contributed by atoms with E-state index in [-0.39, 0.29) is 25.5 Å². The second kappa shape index (κ2) is 6.31. The lowest BCUT2D eigenvalue weighted by Gasteiger charge is -2.08. The van der Waals surface area contributed by atoms with Crippen molar-refractivity contribution in [2.45, 2.75) is 33.1 Å². The number of alkyl halides is 3. The standard InChI is InChI=1S/C13H17F3N6O/c1-8-5-11(17)22(19-8)7-12(23)18-3-4-21-9(2)6-10(20-21)13(14,15)16/h5-6H,3-4,7,17H2,1-2H3,(H,18,23). The molecule has 0 saturated carbocycles. The SMILES string of the molecule is Cc1cc(N)n(CC(=O)NCCn2nc(C(F)(F)F)cc2C)n1. The minimum atomic E-state index is -4.48. The first-order valence-electron chi connectivity index (χ1n) is 6.85. The van der Waals surface area contributed by atoms with Crippen molar-refractivity contribution in [3.63, 3.8) is 0 Å². The summed E-state index contributed by atoms with van der Waals surface area (Å²) in [7, 11) is 0. The Hall–Kier alpha value is -2.52. The fourth-order valence-electron chi connectivity index (χ4n) is 2.06. The molecule has 0 spiro atoms. The van der Waals surface area contributed by atoms with Gasteiger partial charge in [0.1, 0.15) is 12.4 Å². The number of carbonyl (C=O) groups excluding carboxylic acids is 1. The maximum Gasteiger partial charge on any atom is 0.435 e. The average Bonchev–Trinajstić information content (AvgIpc) is 2.93. The Morgan fingerprint density at radius 1 is 1.26 bits per heavy atom. The summed E-state index contributed by atoms with van der Waals surface area (Å²) in [5.74, 6) is 0.0380. The molecule has 2 rings (SSSR count). The predicted molar refractivity (Wildman–Crippen MR) is 76.4 cm³/mol. The van der Waals surface area contributed by atoms with Crippen LogP contribution < -0.4 is 11.1 Å². The summed E-state index contributed by atoms with van der Waals surface area (Å²) >= 11 is 0. The number of amides is 1. The third kappa shape index (κ3) is 4.24. The van der Waals surface area contributed by atoms with Crippen molar-refractivity contribution in [2.24, 2.45) is 0 Å². The van der Waals surface area contributed by atoms with Crippen molar-refractivity contribution in [3.05, 3.63) is 29.2 Å². The van der Waals surface area contributed by atoms with Crippen LogP contribution in [-0.4, -0.2) is 32.0 Å². The molecule has 3 N–H and O–H groups in total. The molecule has 23 heavy (non-hydrogen) atoms. The van der Waals surface area contributed by atoms with E-state index in [1.165, 1.54) is 16.3 Å². The van der Waals surface area contributed by atoms with Gasteiger partial charge in [0.25, 0.3) is 0 Å². The molecule has 0 radical (unpaired) electrons. The van der Waals surface area contributed by atoms with Gasteiger partial charge in [-0.15, -0.1) is 0 Å². The highest BCUT2D eigenvalue weighted by Crippen LogP contribution is 2.28. The molecule has 1 amide bonds. The lowest BCUT2D eigenvalue weighted by Crippen LogP contribution is -2.31. The maximum atomic E-state index is 12.5. The number of hydrogen-bond donors (Lipinski definition) is 2. The van der Waals surface area contributed by atoms with Crippen LogP contribution in [0.25, 0.3) is 0 Å². The zero-order valence-electron chi connectivity index (χ0n) is 12.7. The fraction of sp³-hybridized carbons (Fsp3) is 0.462. The highest BCUT2D eigenvalue weighted by molar-refractivity contribution is 5.76. The van der Waals surface area contributed by atoms with E-state index in [9.17, 15) is 18.0 Å². The highest BCUT2D eigenvalue weighted by atomic mass is 19.4. The topological polar surface area (TPSA) is 90.8 Å². The molecule has 0 atom stereocenters. The Labute approximate surface area is 130 Å². The van der Waals surface area contributed by atoms with Crippen molar-refractivity contribution in [1.82, 2.24) is 24.9 Å². The van der Waals surface area contributed by atoms with Gasteiger partial charge in [-0.2, -0.15) is 23.4 Å². The number of aromatic nitrogens is 4. The van der Waals surface area contributed by atoms with Crippen LogP contribution in [0.1, 0.15) is 17.1 Å². The van der Waals surface area contributed by atoms with Crippen LogP contribution in [-0.2, 0) is 24.1 Å². The van der Waals surface area contributed by atoms with Crippen molar-refractivity contribution in [2.75, 3.05) is 12.3 Å². The first-order chi connectivity index (χ1) is 10.7. The third-order valence-corrected chi connectivity index (χ3v) is 3.14. The molecule has 0 aliphatic rings. The molecule has 0 aromatic carbocycles. The molecular weight excluding hydrogens is 313 g/mol. The van der Waals surface area contributed by atoms with Crippen LogP contribution in [0, 0.1) is 13.8 Å². The quantitative estimate of drug-likeness (QED) is 0.859. The van der Waals surface area contributed by atoms with E-state index in [1.54, 1.807) is 13.0 Å². The molecule has 0 bridgehead atoms. The zero-order valence-corrected chi connectivity index (χ0v) is 12.7. The van der Waals surface area contributed by atoms with Crippen LogP contribution in [0.5, 0.6) is 0 Å². The second-order valence-electron chi connectivity index (χ2n) is 5.11. The fourth-order valence-corrected chi connectivity index (χ4v) is 2.06. The average molecular weight is 330 g/mol. The minimum Gasteiger partial charge on any atom is -0.384 e. The molecule has 10 heteroatoms. The number of anilines is 1. The number of carbonyl (C=O) groups is 1. The Bertz CT molecular complexity index is 703.